The normalized spacial score (nSPS) is 38.9. The highest BCUT2D eigenvalue weighted by Crippen LogP contribution is 2.48. The molecule has 31 heavy (non-hydrogen) atoms. The van der Waals surface area contributed by atoms with Gasteiger partial charge in [-0.05, 0) is 82.0 Å². The molecule has 3 fully saturated rings. The van der Waals surface area contributed by atoms with E-state index in [9.17, 15) is 18.0 Å². The number of Topliss-reactive ketones (excluding diaryl/α,β-unsaturated/α-hetero) is 1. The lowest BCUT2D eigenvalue weighted by molar-refractivity contribution is -0.130. The molecule has 2 saturated carbocycles. The number of carbonyl (C=O) groups is 2. The topological polar surface area (TPSA) is 92.8 Å². The molecule has 0 aromatic heterocycles. The molecule has 1 saturated heterocycles. The summed E-state index contributed by atoms with van der Waals surface area (Å²) in [5, 5.41) is 0. The summed E-state index contributed by atoms with van der Waals surface area (Å²) in [7, 11) is -3.20. The van der Waals surface area contributed by atoms with E-state index in [4.69, 9.17) is 4.74 Å². The third-order valence-electron chi connectivity index (χ3n) is 8.08. The third kappa shape index (κ3) is 5.62. The summed E-state index contributed by atoms with van der Waals surface area (Å²) in [6.07, 6.45) is 6.81. The molecular weight excluding hydrogens is 416 g/mol. The lowest BCUT2D eigenvalue weighted by Crippen LogP contribution is -2.59. The Balaban J connectivity index is 1.72. The van der Waals surface area contributed by atoms with Crippen LogP contribution in [0.2, 0.25) is 0 Å². The summed E-state index contributed by atoms with van der Waals surface area (Å²) in [6.45, 7) is 8.68. The molecule has 7 nitrogen and oxygen atoms in total. The van der Waals surface area contributed by atoms with Gasteiger partial charge in [0.2, 0.25) is 10.0 Å². The maximum absolute atomic E-state index is 12.7. The smallest absolute Gasteiger partial charge is 0.410 e. The van der Waals surface area contributed by atoms with Crippen molar-refractivity contribution in [2.75, 3.05) is 19.4 Å². The lowest BCUT2D eigenvalue weighted by atomic mass is 9.61. The first kappa shape index (κ1) is 24.5. The highest BCUT2D eigenvalue weighted by Gasteiger charge is 2.49. The minimum Gasteiger partial charge on any atom is -0.450 e. The van der Waals surface area contributed by atoms with Crippen LogP contribution in [0.1, 0.15) is 66.2 Å². The molecule has 2 aliphatic carbocycles. The van der Waals surface area contributed by atoms with Gasteiger partial charge < -0.3 is 9.64 Å². The fraction of sp³-hybridized carbons (Fsp3) is 0.913. The van der Waals surface area contributed by atoms with E-state index in [0.29, 0.717) is 30.9 Å². The highest BCUT2D eigenvalue weighted by atomic mass is 32.2. The van der Waals surface area contributed by atoms with Crippen LogP contribution in [0.5, 0.6) is 0 Å². The van der Waals surface area contributed by atoms with Crippen LogP contribution >= 0.6 is 0 Å². The van der Waals surface area contributed by atoms with Crippen molar-refractivity contribution in [3.8, 4) is 0 Å². The van der Waals surface area contributed by atoms with E-state index in [1.807, 2.05) is 11.8 Å². The van der Waals surface area contributed by atoms with Gasteiger partial charge in [-0.1, -0.05) is 13.8 Å². The van der Waals surface area contributed by atoms with Crippen LogP contribution in [0.25, 0.3) is 0 Å². The van der Waals surface area contributed by atoms with E-state index in [0.717, 1.165) is 38.5 Å². The van der Waals surface area contributed by atoms with Crippen molar-refractivity contribution in [1.29, 1.82) is 0 Å². The number of ether oxygens (including phenoxy) is 1. The molecule has 7 unspecified atom stereocenters. The van der Waals surface area contributed by atoms with E-state index in [1.54, 1.807) is 6.92 Å². The minimum absolute atomic E-state index is 0.0104. The summed E-state index contributed by atoms with van der Waals surface area (Å²) >= 11 is 0. The number of rotatable bonds is 5. The Morgan fingerprint density at radius 1 is 1.03 bits per heavy atom. The van der Waals surface area contributed by atoms with Crippen LogP contribution in [-0.2, 0) is 19.6 Å². The van der Waals surface area contributed by atoms with Crippen molar-refractivity contribution in [2.45, 2.75) is 78.3 Å². The molecule has 3 aliphatic rings. The number of sulfonamides is 1. The first-order valence-electron chi connectivity index (χ1n) is 11.9. The number of ketones is 1. The lowest BCUT2D eigenvalue weighted by Gasteiger charge is -2.52. The average Bonchev–Trinajstić information content (AvgIpc) is 2.67. The molecule has 0 radical (unpaired) electrons. The zero-order chi connectivity index (χ0) is 22.9. The second kappa shape index (κ2) is 9.77. The zero-order valence-electron chi connectivity index (χ0n) is 19.7. The molecule has 1 amide bonds. The first-order valence-corrected chi connectivity index (χ1v) is 13.8. The number of hydrogen-bond donors (Lipinski definition) is 1. The van der Waals surface area contributed by atoms with Crippen LogP contribution < -0.4 is 4.72 Å². The van der Waals surface area contributed by atoms with Crippen molar-refractivity contribution >= 4 is 21.9 Å². The van der Waals surface area contributed by atoms with Crippen molar-refractivity contribution in [3.05, 3.63) is 0 Å². The number of likely N-dealkylation sites (tertiary alicyclic amines) is 1. The number of piperidine rings is 1. The summed E-state index contributed by atoms with van der Waals surface area (Å²) in [5.74, 6) is 1.95. The molecule has 0 spiro atoms. The minimum atomic E-state index is -3.20. The largest absolute Gasteiger partial charge is 0.450 e. The SMILES string of the molecule is CCOC(=O)N1C[C@H](C)C(C(C)=O)C2CCC(C3CCC(NS(C)(=O)=O)C(C)C3)CC21. The Morgan fingerprint density at radius 2 is 1.68 bits per heavy atom. The van der Waals surface area contributed by atoms with Gasteiger partial charge in [0.1, 0.15) is 5.78 Å². The Morgan fingerprint density at radius 3 is 2.26 bits per heavy atom. The van der Waals surface area contributed by atoms with E-state index >= 15 is 0 Å². The van der Waals surface area contributed by atoms with Gasteiger partial charge in [0, 0.05) is 24.5 Å². The molecule has 8 heteroatoms. The van der Waals surface area contributed by atoms with Gasteiger partial charge in [-0.2, -0.15) is 0 Å². The van der Waals surface area contributed by atoms with Crippen LogP contribution in [-0.4, -0.2) is 56.7 Å². The maximum atomic E-state index is 12.7. The van der Waals surface area contributed by atoms with Crippen molar-refractivity contribution in [3.63, 3.8) is 0 Å². The average molecular weight is 457 g/mol. The fourth-order valence-electron chi connectivity index (χ4n) is 6.82. The molecule has 0 bridgehead atoms. The first-order chi connectivity index (χ1) is 14.5. The van der Waals surface area contributed by atoms with Gasteiger partial charge in [-0.25, -0.2) is 17.9 Å². The van der Waals surface area contributed by atoms with Crippen LogP contribution in [0.3, 0.4) is 0 Å². The third-order valence-corrected chi connectivity index (χ3v) is 8.81. The number of carbonyl (C=O) groups excluding carboxylic acids is 2. The molecule has 1 heterocycles. The summed E-state index contributed by atoms with van der Waals surface area (Å²) < 4.78 is 31.5. The number of nitrogens with one attached hydrogen (secondary N) is 1. The monoisotopic (exact) mass is 456 g/mol. The molecule has 0 aromatic carbocycles. The highest BCUT2D eigenvalue weighted by molar-refractivity contribution is 7.88. The second-order valence-corrected chi connectivity index (χ2v) is 12.1. The van der Waals surface area contributed by atoms with Crippen LogP contribution in [0.4, 0.5) is 4.79 Å². The Kier molecular flexibility index (Phi) is 7.72. The number of nitrogens with zero attached hydrogens (tertiary/aromatic N) is 1. The van der Waals surface area contributed by atoms with Gasteiger partial charge in [0.25, 0.3) is 0 Å². The predicted molar refractivity (Wildman–Crippen MR) is 120 cm³/mol. The van der Waals surface area contributed by atoms with Crippen molar-refractivity contribution in [2.24, 2.45) is 35.5 Å². The Hall–Kier alpha value is -1.15. The van der Waals surface area contributed by atoms with Crippen molar-refractivity contribution < 1.29 is 22.7 Å². The molecule has 1 N–H and O–H groups in total. The van der Waals surface area contributed by atoms with E-state index in [-0.39, 0.29) is 41.7 Å². The molecule has 1 aliphatic heterocycles. The van der Waals surface area contributed by atoms with Gasteiger partial charge in [-0.15, -0.1) is 0 Å². The van der Waals surface area contributed by atoms with Crippen LogP contribution in [0, 0.1) is 35.5 Å². The maximum Gasteiger partial charge on any atom is 0.410 e. The zero-order valence-corrected chi connectivity index (χ0v) is 20.5. The summed E-state index contributed by atoms with van der Waals surface area (Å²) in [6, 6.07) is 0.0707. The molecule has 178 valence electrons. The van der Waals surface area contributed by atoms with Gasteiger partial charge in [0.15, 0.2) is 0 Å². The Bertz CT molecular complexity index is 770. The predicted octanol–water partition coefficient (Wildman–Crippen LogP) is 3.44. The second-order valence-electron chi connectivity index (χ2n) is 10.3. The van der Waals surface area contributed by atoms with E-state index in [2.05, 4.69) is 18.6 Å². The number of fused-ring (bicyclic) bond motifs is 1. The molecule has 0 aromatic rings. The number of amides is 1. The van der Waals surface area contributed by atoms with Crippen LogP contribution in [0.15, 0.2) is 0 Å². The van der Waals surface area contributed by atoms with Crippen molar-refractivity contribution in [1.82, 2.24) is 9.62 Å². The quantitative estimate of drug-likeness (QED) is 0.684. The summed E-state index contributed by atoms with van der Waals surface area (Å²) in [4.78, 5) is 27.1. The van der Waals surface area contributed by atoms with Gasteiger partial charge in [-0.3, -0.25) is 4.79 Å². The molecule has 3 rings (SSSR count). The summed E-state index contributed by atoms with van der Waals surface area (Å²) in [5.41, 5.74) is 0. The Labute approximate surface area is 187 Å². The van der Waals surface area contributed by atoms with Gasteiger partial charge in [0.05, 0.1) is 12.9 Å². The molecule has 8 atom stereocenters. The molecular formula is C23H40N2O5S. The van der Waals surface area contributed by atoms with Gasteiger partial charge >= 0.3 is 6.09 Å². The number of hydrogen-bond acceptors (Lipinski definition) is 5. The van der Waals surface area contributed by atoms with E-state index < -0.39 is 10.0 Å². The fourth-order valence-corrected chi connectivity index (χ4v) is 7.72. The van der Waals surface area contributed by atoms with E-state index in [1.165, 1.54) is 6.26 Å². The standard InChI is InChI=1S/C23H40N2O5S/c1-6-30-23(27)25-13-15(3)22(16(4)26)19-9-7-18(12-21(19)25)17-8-10-20(14(2)11-17)24-31(5,28)29/h14-15,17-22,24H,6-13H2,1-5H3/t14?,15-,17?,18?,19?,20?,21?,22?/m0/s1.